The highest BCUT2D eigenvalue weighted by Gasteiger charge is 2.23. The molecule has 1 fully saturated rings. The molecule has 0 saturated carbocycles. The second-order valence-corrected chi connectivity index (χ2v) is 3.80. The number of hydrogen-bond acceptors (Lipinski definition) is 4. The SMILES string of the molecule is C/C(=C\NC(=O)NC=O)C1CCC(CO)N1. The van der Waals surface area contributed by atoms with Crippen molar-refractivity contribution in [2.24, 2.45) is 0 Å². The lowest BCUT2D eigenvalue weighted by Crippen LogP contribution is -2.34. The van der Waals surface area contributed by atoms with Gasteiger partial charge in [0.2, 0.25) is 6.41 Å². The van der Waals surface area contributed by atoms with E-state index in [0.717, 1.165) is 18.4 Å². The monoisotopic (exact) mass is 227 g/mol. The minimum Gasteiger partial charge on any atom is -0.395 e. The minimum atomic E-state index is -0.550. The van der Waals surface area contributed by atoms with Gasteiger partial charge >= 0.3 is 6.03 Å². The summed E-state index contributed by atoms with van der Waals surface area (Å²) in [5, 5.41) is 16.6. The molecule has 1 aliphatic heterocycles. The van der Waals surface area contributed by atoms with Gasteiger partial charge in [-0.3, -0.25) is 10.1 Å². The van der Waals surface area contributed by atoms with Gasteiger partial charge in [-0.15, -0.1) is 0 Å². The maximum Gasteiger partial charge on any atom is 0.325 e. The minimum absolute atomic E-state index is 0.128. The summed E-state index contributed by atoms with van der Waals surface area (Å²) in [6, 6.07) is -0.239. The first-order valence-corrected chi connectivity index (χ1v) is 5.21. The van der Waals surface area contributed by atoms with Gasteiger partial charge in [0.25, 0.3) is 0 Å². The molecule has 1 aliphatic rings. The standard InChI is InChI=1S/C10H17N3O3/c1-7(4-11-10(16)12-6-15)9-3-2-8(5-14)13-9/h4,6,8-9,13-14H,2-3,5H2,1H3,(H2,11,12,15,16)/b7-4+. The van der Waals surface area contributed by atoms with Crippen LogP contribution < -0.4 is 16.0 Å². The Balaban J connectivity index is 2.39. The number of imide groups is 1. The van der Waals surface area contributed by atoms with E-state index in [9.17, 15) is 9.59 Å². The van der Waals surface area contributed by atoms with Crippen molar-refractivity contribution in [1.29, 1.82) is 0 Å². The van der Waals surface area contributed by atoms with Crippen molar-refractivity contribution in [3.63, 3.8) is 0 Å². The van der Waals surface area contributed by atoms with Gasteiger partial charge in [-0.1, -0.05) is 0 Å². The lowest BCUT2D eigenvalue weighted by Gasteiger charge is -2.13. The number of carbonyl (C=O) groups excluding carboxylic acids is 2. The van der Waals surface area contributed by atoms with Crippen LogP contribution in [0.15, 0.2) is 11.8 Å². The molecule has 0 aromatic rings. The topological polar surface area (TPSA) is 90.5 Å². The summed E-state index contributed by atoms with van der Waals surface area (Å²) in [5.74, 6) is 0. The Labute approximate surface area is 94.1 Å². The van der Waals surface area contributed by atoms with E-state index in [1.165, 1.54) is 0 Å². The van der Waals surface area contributed by atoms with E-state index in [0.29, 0.717) is 6.41 Å². The quantitative estimate of drug-likeness (QED) is 0.485. The van der Waals surface area contributed by atoms with Crippen molar-refractivity contribution in [3.05, 3.63) is 11.8 Å². The molecule has 1 heterocycles. The smallest absolute Gasteiger partial charge is 0.325 e. The predicted octanol–water partition coefficient (Wildman–Crippen LogP) is -0.541. The van der Waals surface area contributed by atoms with E-state index in [4.69, 9.17) is 5.11 Å². The fraction of sp³-hybridized carbons (Fsp3) is 0.600. The summed E-state index contributed by atoms with van der Waals surface area (Å²) in [7, 11) is 0. The zero-order valence-electron chi connectivity index (χ0n) is 9.19. The van der Waals surface area contributed by atoms with E-state index in [-0.39, 0.29) is 18.7 Å². The van der Waals surface area contributed by atoms with Crippen LogP contribution in [0, 0.1) is 0 Å². The maximum absolute atomic E-state index is 10.9. The molecule has 4 N–H and O–H groups in total. The molecule has 3 amide bonds. The molecule has 6 nitrogen and oxygen atoms in total. The lowest BCUT2D eigenvalue weighted by molar-refractivity contribution is -0.108. The average molecular weight is 227 g/mol. The van der Waals surface area contributed by atoms with Crippen LogP contribution in [0.5, 0.6) is 0 Å². The number of amides is 3. The average Bonchev–Trinajstić information content (AvgIpc) is 2.75. The fourth-order valence-electron chi connectivity index (χ4n) is 1.70. The Morgan fingerprint density at radius 3 is 2.81 bits per heavy atom. The molecule has 2 unspecified atom stereocenters. The lowest BCUT2D eigenvalue weighted by atomic mass is 10.1. The second kappa shape index (κ2) is 6.24. The zero-order valence-corrected chi connectivity index (χ0v) is 9.19. The van der Waals surface area contributed by atoms with E-state index >= 15 is 0 Å². The Morgan fingerprint density at radius 1 is 1.50 bits per heavy atom. The maximum atomic E-state index is 10.9. The fourth-order valence-corrected chi connectivity index (χ4v) is 1.70. The number of urea groups is 1. The van der Waals surface area contributed by atoms with Crippen molar-refractivity contribution < 1.29 is 14.7 Å². The number of carbonyl (C=O) groups is 2. The highest BCUT2D eigenvalue weighted by atomic mass is 16.3. The zero-order chi connectivity index (χ0) is 12.0. The Morgan fingerprint density at radius 2 is 2.25 bits per heavy atom. The Hall–Kier alpha value is -1.40. The highest BCUT2D eigenvalue weighted by molar-refractivity contribution is 5.84. The molecule has 90 valence electrons. The second-order valence-electron chi connectivity index (χ2n) is 3.80. The van der Waals surface area contributed by atoms with Crippen LogP contribution >= 0.6 is 0 Å². The first-order valence-electron chi connectivity index (χ1n) is 5.21. The van der Waals surface area contributed by atoms with Gasteiger partial charge in [0.05, 0.1) is 6.61 Å². The van der Waals surface area contributed by atoms with Crippen LogP contribution in [0.3, 0.4) is 0 Å². The van der Waals surface area contributed by atoms with Crippen LogP contribution in [0.2, 0.25) is 0 Å². The molecular weight excluding hydrogens is 210 g/mol. The Kier molecular flexibility index (Phi) is 4.94. The predicted molar refractivity (Wildman–Crippen MR) is 58.5 cm³/mol. The van der Waals surface area contributed by atoms with Gasteiger partial charge in [0, 0.05) is 18.3 Å². The van der Waals surface area contributed by atoms with Gasteiger partial charge < -0.3 is 15.7 Å². The largest absolute Gasteiger partial charge is 0.395 e. The van der Waals surface area contributed by atoms with Crippen molar-refractivity contribution >= 4 is 12.4 Å². The molecule has 0 radical (unpaired) electrons. The van der Waals surface area contributed by atoms with Crippen molar-refractivity contribution in [2.45, 2.75) is 31.8 Å². The van der Waals surface area contributed by atoms with Crippen LogP contribution in [0.4, 0.5) is 4.79 Å². The summed E-state index contributed by atoms with van der Waals surface area (Å²) < 4.78 is 0. The molecule has 0 spiro atoms. The molecule has 16 heavy (non-hydrogen) atoms. The summed E-state index contributed by atoms with van der Waals surface area (Å²) in [5.41, 5.74) is 0.969. The molecule has 6 heteroatoms. The molecule has 1 saturated heterocycles. The van der Waals surface area contributed by atoms with E-state index in [1.807, 2.05) is 12.2 Å². The number of aliphatic hydroxyl groups is 1. The Bertz CT molecular complexity index is 291. The molecule has 0 aromatic carbocycles. The van der Waals surface area contributed by atoms with Crippen molar-refractivity contribution in [3.8, 4) is 0 Å². The van der Waals surface area contributed by atoms with Gasteiger partial charge in [-0.05, 0) is 25.3 Å². The summed E-state index contributed by atoms with van der Waals surface area (Å²) in [4.78, 5) is 20.9. The van der Waals surface area contributed by atoms with Gasteiger partial charge in [0.1, 0.15) is 0 Å². The number of nitrogens with one attached hydrogen (secondary N) is 3. The number of rotatable bonds is 4. The summed E-state index contributed by atoms with van der Waals surface area (Å²) in [6.45, 7) is 2.02. The third kappa shape index (κ3) is 3.63. The first kappa shape index (κ1) is 12.7. The van der Waals surface area contributed by atoms with Crippen molar-refractivity contribution in [1.82, 2.24) is 16.0 Å². The molecule has 2 atom stereocenters. The molecule has 0 aliphatic carbocycles. The van der Waals surface area contributed by atoms with Gasteiger partial charge in [-0.25, -0.2) is 4.79 Å². The third-order valence-electron chi connectivity index (χ3n) is 2.63. The highest BCUT2D eigenvalue weighted by Crippen LogP contribution is 2.17. The van der Waals surface area contributed by atoms with Crippen LogP contribution in [0.25, 0.3) is 0 Å². The van der Waals surface area contributed by atoms with Crippen LogP contribution in [0.1, 0.15) is 19.8 Å². The van der Waals surface area contributed by atoms with E-state index < -0.39 is 6.03 Å². The number of aliphatic hydroxyl groups excluding tert-OH is 1. The molecule has 1 rings (SSSR count). The van der Waals surface area contributed by atoms with Crippen LogP contribution in [-0.4, -0.2) is 36.2 Å². The van der Waals surface area contributed by atoms with Crippen molar-refractivity contribution in [2.75, 3.05) is 6.61 Å². The van der Waals surface area contributed by atoms with E-state index in [1.54, 1.807) is 6.20 Å². The number of hydrogen-bond donors (Lipinski definition) is 4. The molecular formula is C10H17N3O3. The third-order valence-corrected chi connectivity index (χ3v) is 2.63. The summed E-state index contributed by atoms with van der Waals surface area (Å²) >= 11 is 0. The van der Waals surface area contributed by atoms with E-state index in [2.05, 4.69) is 10.6 Å². The van der Waals surface area contributed by atoms with Gasteiger partial charge in [0.15, 0.2) is 0 Å². The summed E-state index contributed by atoms with van der Waals surface area (Å²) in [6.07, 6.45) is 3.75. The molecule has 0 bridgehead atoms. The normalized spacial score (nSPS) is 25.2. The molecule has 0 aromatic heterocycles. The first-order chi connectivity index (χ1) is 7.67. The van der Waals surface area contributed by atoms with Gasteiger partial charge in [-0.2, -0.15) is 0 Å². The van der Waals surface area contributed by atoms with Crippen LogP contribution in [-0.2, 0) is 4.79 Å².